The molecule has 12 aromatic rings. The van der Waals surface area contributed by atoms with E-state index in [0.717, 1.165) is 94.2 Å². The summed E-state index contributed by atoms with van der Waals surface area (Å²) in [4.78, 5) is 20.6. The van der Waals surface area contributed by atoms with Crippen molar-refractivity contribution < 1.29 is 4.42 Å². The molecule has 12 rings (SSSR count). The average molecular weight is 794 g/mol. The number of rotatable bonds is 7. The molecule has 0 saturated heterocycles. The Bertz CT molecular complexity index is 3560. The van der Waals surface area contributed by atoms with E-state index in [1.165, 1.54) is 5.39 Å². The Labute approximate surface area is 357 Å². The SMILES string of the molecule is c1ccc(-c2cccc(-c3cnc(-c4ccc5c(c4)oc4c5ccc5c6ccccc6n(-c6ccccc6)c54)c(-c4nc(-c5ccccc5)nc(-c5ccccc5)n4)c3)c2)cc1. The van der Waals surface area contributed by atoms with Gasteiger partial charge in [0.05, 0.1) is 16.7 Å². The van der Waals surface area contributed by atoms with Gasteiger partial charge >= 0.3 is 0 Å². The topological polar surface area (TPSA) is 69.6 Å². The van der Waals surface area contributed by atoms with Gasteiger partial charge in [0.15, 0.2) is 23.1 Å². The van der Waals surface area contributed by atoms with Crippen LogP contribution in [0.15, 0.2) is 217 Å². The number of hydrogen-bond donors (Lipinski definition) is 0. The van der Waals surface area contributed by atoms with Gasteiger partial charge < -0.3 is 8.98 Å². The van der Waals surface area contributed by atoms with Crippen LogP contribution in [0.4, 0.5) is 0 Å². The molecule has 0 aliphatic carbocycles. The van der Waals surface area contributed by atoms with Crippen LogP contribution < -0.4 is 0 Å². The third kappa shape index (κ3) is 6.04. The summed E-state index contributed by atoms with van der Waals surface area (Å²) in [6, 6.07) is 71.2. The van der Waals surface area contributed by atoms with Crippen LogP contribution in [0, 0.1) is 0 Å². The van der Waals surface area contributed by atoms with Crippen molar-refractivity contribution in [3.63, 3.8) is 0 Å². The molecule has 0 radical (unpaired) electrons. The zero-order chi connectivity index (χ0) is 41.0. The maximum Gasteiger partial charge on any atom is 0.166 e. The number of furan rings is 1. The molecular formula is C56H35N5O. The average Bonchev–Trinajstić information content (AvgIpc) is 3.90. The van der Waals surface area contributed by atoms with Crippen LogP contribution in [0.25, 0.3) is 117 Å². The van der Waals surface area contributed by atoms with E-state index in [9.17, 15) is 0 Å². The predicted octanol–water partition coefficient (Wildman–Crippen LogP) is 14.3. The van der Waals surface area contributed by atoms with Gasteiger partial charge in [-0.3, -0.25) is 4.98 Å². The van der Waals surface area contributed by atoms with Crippen molar-refractivity contribution >= 4 is 43.7 Å². The van der Waals surface area contributed by atoms with Gasteiger partial charge in [-0.2, -0.15) is 0 Å². The van der Waals surface area contributed by atoms with Gasteiger partial charge in [0.2, 0.25) is 0 Å². The minimum Gasteiger partial charge on any atom is -0.454 e. The molecular weight excluding hydrogens is 759 g/mol. The van der Waals surface area contributed by atoms with Crippen molar-refractivity contribution in [2.75, 3.05) is 0 Å². The van der Waals surface area contributed by atoms with Crippen LogP contribution in [-0.4, -0.2) is 24.5 Å². The zero-order valence-electron chi connectivity index (χ0n) is 33.4. The standard InChI is InChI=1S/C56H35N5O/c1-5-16-36(17-6-1)39-22-15-23-40(32-39)42-33-48(56-59-54(37-18-7-2-8-19-37)58-55(60-56)38-20-9-3-10-21-38)51(57-35-42)41-28-29-45-47-31-30-46-44-26-13-14-27-49(44)61(43-24-11-4-12-25-43)52(46)53(47)62-50(45)34-41/h1-35H. The van der Waals surface area contributed by atoms with E-state index < -0.39 is 0 Å². The lowest BCUT2D eigenvalue weighted by Crippen LogP contribution is -2.02. The van der Waals surface area contributed by atoms with E-state index in [1.807, 2.05) is 79.0 Å². The minimum absolute atomic E-state index is 0.528. The third-order valence-corrected chi connectivity index (χ3v) is 11.7. The molecule has 0 amide bonds. The molecule has 0 spiro atoms. The molecule has 0 atom stereocenters. The molecule has 62 heavy (non-hydrogen) atoms. The summed E-state index contributed by atoms with van der Waals surface area (Å²) in [7, 11) is 0. The number of benzene rings is 8. The molecule has 0 unspecified atom stereocenters. The fraction of sp³-hybridized carbons (Fsp3) is 0. The van der Waals surface area contributed by atoms with Gasteiger partial charge in [-0.15, -0.1) is 0 Å². The van der Waals surface area contributed by atoms with Crippen molar-refractivity contribution in [2.45, 2.75) is 0 Å². The van der Waals surface area contributed by atoms with Crippen molar-refractivity contribution in [3.05, 3.63) is 212 Å². The van der Waals surface area contributed by atoms with E-state index in [2.05, 4.69) is 138 Å². The molecule has 0 N–H and O–H groups in total. The second-order valence-electron chi connectivity index (χ2n) is 15.4. The largest absolute Gasteiger partial charge is 0.454 e. The molecule has 0 aliphatic rings. The highest BCUT2D eigenvalue weighted by Gasteiger charge is 2.22. The zero-order valence-corrected chi connectivity index (χ0v) is 33.4. The first-order valence-corrected chi connectivity index (χ1v) is 20.7. The van der Waals surface area contributed by atoms with E-state index in [-0.39, 0.29) is 0 Å². The molecule has 0 bridgehead atoms. The summed E-state index contributed by atoms with van der Waals surface area (Å²) >= 11 is 0. The first-order valence-electron chi connectivity index (χ1n) is 20.7. The number of hydrogen-bond acceptors (Lipinski definition) is 5. The monoisotopic (exact) mass is 793 g/mol. The third-order valence-electron chi connectivity index (χ3n) is 11.7. The smallest absolute Gasteiger partial charge is 0.166 e. The highest BCUT2D eigenvalue weighted by molar-refractivity contribution is 6.21. The lowest BCUT2D eigenvalue weighted by atomic mass is 9.97. The molecule has 8 aromatic carbocycles. The Morgan fingerprint density at radius 2 is 0.935 bits per heavy atom. The number of fused-ring (bicyclic) bond motifs is 7. The summed E-state index contributed by atoms with van der Waals surface area (Å²) in [6.07, 6.45) is 1.95. The van der Waals surface area contributed by atoms with Crippen LogP contribution in [0.5, 0.6) is 0 Å². The van der Waals surface area contributed by atoms with E-state index in [0.29, 0.717) is 17.5 Å². The molecule has 6 nitrogen and oxygen atoms in total. The van der Waals surface area contributed by atoms with Gasteiger partial charge in [-0.1, -0.05) is 158 Å². The van der Waals surface area contributed by atoms with Crippen LogP contribution in [-0.2, 0) is 0 Å². The molecule has 4 heterocycles. The lowest BCUT2D eigenvalue weighted by molar-refractivity contribution is 0.671. The van der Waals surface area contributed by atoms with Crippen molar-refractivity contribution in [2.24, 2.45) is 0 Å². The normalized spacial score (nSPS) is 11.5. The van der Waals surface area contributed by atoms with Crippen LogP contribution in [0.1, 0.15) is 0 Å². The Morgan fingerprint density at radius 1 is 0.371 bits per heavy atom. The fourth-order valence-electron chi connectivity index (χ4n) is 8.74. The fourth-order valence-corrected chi connectivity index (χ4v) is 8.74. The van der Waals surface area contributed by atoms with Crippen LogP contribution in [0.3, 0.4) is 0 Å². The summed E-state index contributed by atoms with van der Waals surface area (Å²) in [6.45, 7) is 0. The second-order valence-corrected chi connectivity index (χ2v) is 15.4. The molecule has 6 heteroatoms. The highest BCUT2D eigenvalue weighted by Crippen LogP contribution is 2.42. The molecule has 0 aliphatic heterocycles. The van der Waals surface area contributed by atoms with Crippen LogP contribution >= 0.6 is 0 Å². The summed E-state index contributed by atoms with van der Waals surface area (Å²) < 4.78 is 9.29. The van der Waals surface area contributed by atoms with E-state index >= 15 is 0 Å². The Hall–Kier alpha value is -8.48. The van der Waals surface area contributed by atoms with Crippen molar-refractivity contribution in [1.29, 1.82) is 0 Å². The second kappa shape index (κ2) is 14.7. The van der Waals surface area contributed by atoms with E-state index in [4.69, 9.17) is 24.4 Å². The molecule has 4 aromatic heterocycles. The van der Waals surface area contributed by atoms with Gasteiger partial charge in [-0.25, -0.2) is 15.0 Å². The van der Waals surface area contributed by atoms with Crippen molar-refractivity contribution in [1.82, 2.24) is 24.5 Å². The summed E-state index contributed by atoms with van der Waals surface area (Å²) in [5.41, 5.74) is 13.3. The Balaban J connectivity index is 1.08. The van der Waals surface area contributed by atoms with Gasteiger partial charge in [0, 0.05) is 61.2 Å². The number of aromatic nitrogens is 5. The number of pyridine rings is 1. The number of para-hydroxylation sites is 2. The lowest BCUT2D eigenvalue weighted by Gasteiger charge is -2.14. The summed E-state index contributed by atoms with van der Waals surface area (Å²) in [5.74, 6) is 1.70. The van der Waals surface area contributed by atoms with Gasteiger partial charge in [-0.05, 0) is 65.2 Å². The highest BCUT2D eigenvalue weighted by atomic mass is 16.3. The Kier molecular flexibility index (Phi) is 8.38. The first-order chi connectivity index (χ1) is 30.7. The predicted molar refractivity (Wildman–Crippen MR) is 252 cm³/mol. The van der Waals surface area contributed by atoms with Crippen LogP contribution in [0.2, 0.25) is 0 Å². The maximum atomic E-state index is 6.98. The maximum absolute atomic E-state index is 6.98. The van der Waals surface area contributed by atoms with Crippen molar-refractivity contribution in [3.8, 4) is 73.4 Å². The van der Waals surface area contributed by atoms with Gasteiger partial charge in [0.25, 0.3) is 0 Å². The first kappa shape index (κ1) is 35.5. The Morgan fingerprint density at radius 3 is 1.65 bits per heavy atom. The quantitative estimate of drug-likeness (QED) is 0.161. The minimum atomic E-state index is 0.528. The molecule has 0 fully saturated rings. The van der Waals surface area contributed by atoms with E-state index in [1.54, 1.807) is 0 Å². The summed E-state index contributed by atoms with van der Waals surface area (Å²) in [5, 5.41) is 4.41. The molecule has 0 saturated carbocycles. The molecule has 290 valence electrons. The number of nitrogens with zero attached hydrogens (tertiary/aromatic N) is 5. The van der Waals surface area contributed by atoms with Gasteiger partial charge in [0.1, 0.15) is 5.58 Å².